The zero-order valence-corrected chi connectivity index (χ0v) is 18.1. The second kappa shape index (κ2) is 8.78. The second-order valence-corrected chi connectivity index (χ2v) is 8.20. The molecule has 2 amide bonds. The van der Waals surface area contributed by atoms with Crippen LogP contribution in [0.2, 0.25) is 0 Å². The van der Waals surface area contributed by atoms with Gasteiger partial charge in [0.05, 0.1) is 11.8 Å². The van der Waals surface area contributed by atoms with Crippen molar-refractivity contribution >= 4 is 17.5 Å². The Balaban J connectivity index is 1.92. The number of rotatable bonds is 5. The molecular formula is C24H28FN3O2. The van der Waals surface area contributed by atoms with Crippen LogP contribution in [-0.2, 0) is 9.59 Å². The van der Waals surface area contributed by atoms with Crippen molar-refractivity contribution in [2.75, 3.05) is 13.6 Å². The van der Waals surface area contributed by atoms with E-state index in [4.69, 9.17) is 0 Å². The first kappa shape index (κ1) is 21.7. The van der Waals surface area contributed by atoms with Crippen LogP contribution in [0.3, 0.4) is 0 Å². The summed E-state index contributed by atoms with van der Waals surface area (Å²) in [5.41, 5.74) is 4.92. The van der Waals surface area contributed by atoms with Crippen LogP contribution in [0.4, 0.5) is 4.39 Å². The lowest BCUT2D eigenvalue weighted by molar-refractivity contribution is -0.142. The SMILES string of the molecule is Cc1ccc(C2=NN(C(=O)CN(C)C(=O)C(C)C)[C@H](c3ccc(F)cc3)C2)cc1C. The first-order valence-corrected chi connectivity index (χ1v) is 10.1. The van der Waals surface area contributed by atoms with Crippen molar-refractivity contribution in [2.45, 2.75) is 40.2 Å². The molecule has 30 heavy (non-hydrogen) atoms. The maximum absolute atomic E-state index is 13.4. The third-order valence-corrected chi connectivity index (χ3v) is 5.50. The third kappa shape index (κ3) is 4.58. The molecule has 0 N–H and O–H groups in total. The Labute approximate surface area is 177 Å². The summed E-state index contributed by atoms with van der Waals surface area (Å²) < 4.78 is 13.4. The lowest BCUT2D eigenvalue weighted by Gasteiger charge is -2.25. The normalized spacial score (nSPS) is 16.0. The van der Waals surface area contributed by atoms with Gasteiger partial charge in [-0.3, -0.25) is 9.59 Å². The number of likely N-dealkylation sites (N-methyl/N-ethyl adjacent to an activating group) is 1. The van der Waals surface area contributed by atoms with Gasteiger partial charge in [0.25, 0.3) is 5.91 Å². The Bertz CT molecular complexity index is 982. The van der Waals surface area contributed by atoms with E-state index in [1.807, 2.05) is 26.0 Å². The van der Waals surface area contributed by atoms with E-state index in [2.05, 4.69) is 11.2 Å². The van der Waals surface area contributed by atoms with Crippen LogP contribution in [-0.4, -0.2) is 41.0 Å². The zero-order chi connectivity index (χ0) is 22.0. The largest absolute Gasteiger partial charge is 0.336 e. The maximum Gasteiger partial charge on any atom is 0.262 e. The molecule has 5 nitrogen and oxygen atoms in total. The van der Waals surface area contributed by atoms with E-state index in [9.17, 15) is 14.0 Å². The van der Waals surface area contributed by atoms with Crippen LogP contribution < -0.4 is 0 Å². The van der Waals surface area contributed by atoms with Crippen molar-refractivity contribution in [3.63, 3.8) is 0 Å². The molecule has 0 fully saturated rings. The van der Waals surface area contributed by atoms with Gasteiger partial charge in [-0.05, 0) is 54.3 Å². The molecule has 3 rings (SSSR count). The molecule has 2 aromatic carbocycles. The van der Waals surface area contributed by atoms with E-state index in [1.54, 1.807) is 33.0 Å². The van der Waals surface area contributed by atoms with Gasteiger partial charge in [0.2, 0.25) is 5.91 Å². The minimum absolute atomic E-state index is 0.0571. The van der Waals surface area contributed by atoms with Gasteiger partial charge < -0.3 is 4.90 Å². The molecule has 1 aliphatic heterocycles. The van der Waals surface area contributed by atoms with Gasteiger partial charge in [-0.1, -0.05) is 38.1 Å². The molecule has 6 heteroatoms. The molecule has 0 radical (unpaired) electrons. The Kier molecular flexibility index (Phi) is 6.34. The second-order valence-electron chi connectivity index (χ2n) is 8.20. The van der Waals surface area contributed by atoms with Crippen molar-refractivity contribution in [2.24, 2.45) is 11.0 Å². The highest BCUT2D eigenvalue weighted by Crippen LogP contribution is 2.33. The van der Waals surface area contributed by atoms with Gasteiger partial charge in [-0.2, -0.15) is 5.10 Å². The number of carbonyl (C=O) groups excluding carboxylic acids is 2. The predicted octanol–water partition coefficient (Wildman–Crippen LogP) is 4.23. The Morgan fingerprint density at radius 2 is 1.80 bits per heavy atom. The Morgan fingerprint density at radius 3 is 2.40 bits per heavy atom. The quantitative estimate of drug-likeness (QED) is 0.742. The number of amides is 2. The highest BCUT2D eigenvalue weighted by atomic mass is 19.1. The van der Waals surface area contributed by atoms with Crippen molar-refractivity contribution in [1.82, 2.24) is 9.91 Å². The fourth-order valence-corrected chi connectivity index (χ4v) is 3.57. The smallest absolute Gasteiger partial charge is 0.262 e. The van der Waals surface area contributed by atoms with Gasteiger partial charge in [-0.25, -0.2) is 9.40 Å². The van der Waals surface area contributed by atoms with E-state index in [-0.39, 0.29) is 36.1 Å². The average Bonchev–Trinajstić information content (AvgIpc) is 3.15. The number of hydrazone groups is 1. The molecule has 0 unspecified atom stereocenters. The summed E-state index contributed by atoms with van der Waals surface area (Å²) in [6.07, 6.45) is 0.529. The van der Waals surface area contributed by atoms with Crippen LogP contribution in [0.25, 0.3) is 0 Å². The number of aryl methyl sites for hydroxylation is 2. The molecule has 0 bridgehead atoms. The maximum atomic E-state index is 13.4. The van der Waals surface area contributed by atoms with Crippen molar-refractivity contribution in [3.05, 3.63) is 70.5 Å². The third-order valence-electron chi connectivity index (χ3n) is 5.50. The topological polar surface area (TPSA) is 53.0 Å². The highest BCUT2D eigenvalue weighted by molar-refractivity contribution is 6.03. The number of benzene rings is 2. The first-order valence-electron chi connectivity index (χ1n) is 10.1. The Morgan fingerprint density at radius 1 is 1.13 bits per heavy atom. The monoisotopic (exact) mass is 409 g/mol. The van der Waals surface area contributed by atoms with Crippen molar-refractivity contribution < 1.29 is 14.0 Å². The summed E-state index contributed by atoms with van der Waals surface area (Å²) in [5.74, 6) is -0.880. The van der Waals surface area contributed by atoms with E-state index in [1.165, 1.54) is 27.6 Å². The standard InChI is InChI=1S/C24H28FN3O2/c1-15(2)24(30)27(5)14-23(29)28-22(18-8-10-20(25)11-9-18)13-21(26-28)19-7-6-16(3)17(4)12-19/h6-12,15,22H,13-14H2,1-5H3/t22-/m0/s1. The molecule has 1 aliphatic rings. The molecule has 158 valence electrons. The van der Waals surface area contributed by atoms with Crippen molar-refractivity contribution in [1.29, 1.82) is 0 Å². The minimum Gasteiger partial charge on any atom is -0.336 e. The van der Waals surface area contributed by atoms with Gasteiger partial charge in [-0.15, -0.1) is 0 Å². The van der Waals surface area contributed by atoms with Gasteiger partial charge in [0.1, 0.15) is 12.4 Å². The number of nitrogens with zero attached hydrogens (tertiary/aromatic N) is 3. The summed E-state index contributed by atoms with van der Waals surface area (Å²) in [6, 6.07) is 11.9. The minimum atomic E-state index is -0.336. The lowest BCUT2D eigenvalue weighted by atomic mass is 9.96. The van der Waals surface area contributed by atoms with Crippen LogP contribution >= 0.6 is 0 Å². The zero-order valence-electron chi connectivity index (χ0n) is 18.1. The molecule has 0 aromatic heterocycles. The molecule has 2 aromatic rings. The van der Waals surface area contributed by atoms with Crippen LogP contribution in [0.15, 0.2) is 47.6 Å². The van der Waals surface area contributed by atoms with E-state index >= 15 is 0 Å². The van der Waals surface area contributed by atoms with E-state index < -0.39 is 0 Å². The van der Waals surface area contributed by atoms with E-state index in [0.717, 1.165) is 22.4 Å². The fourth-order valence-electron chi connectivity index (χ4n) is 3.57. The number of hydrogen-bond donors (Lipinski definition) is 0. The molecule has 1 heterocycles. The summed E-state index contributed by atoms with van der Waals surface area (Å²) in [6.45, 7) is 7.64. The number of halogens is 1. The van der Waals surface area contributed by atoms with Crippen LogP contribution in [0.5, 0.6) is 0 Å². The molecule has 0 saturated carbocycles. The van der Waals surface area contributed by atoms with E-state index in [0.29, 0.717) is 6.42 Å². The average molecular weight is 410 g/mol. The van der Waals surface area contributed by atoms with Crippen molar-refractivity contribution in [3.8, 4) is 0 Å². The number of hydrogen-bond acceptors (Lipinski definition) is 3. The first-order chi connectivity index (χ1) is 14.2. The summed E-state index contributed by atoms with van der Waals surface area (Å²) >= 11 is 0. The Hall–Kier alpha value is -3.02. The number of carbonyl (C=O) groups is 2. The molecule has 0 saturated heterocycles. The van der Waals surface area contributed by atoms with Crippen LogP contribution in [0, 0.1) is 25.6 Å². The molecule has 1 atom stereocenters. The molecular weight excluding hydrogens is 381 g/mol. The molecule has 0 aliphatic carbocycles. The fraction of sp³-hybridized carbons (Fsp3) is 0.375. The summed E-state index contributed by atoms with van der Waals surface area (Å²) in [5, 5.41) is 6.08. The lowest BCUT2D eigenvalue weighted by Crippen LogP contribution is -2.40. The summed E-state index contributed by atoms with van der Waals surface area (Å²) in [4.78, 5) is 26.7. The molecule has 0 spiro atoms. The van der Waals surface area contributed by atoms with Gasteiger partial charge in [0.15, 0.2) is 0 Å². The summed E-state index contributed by atoms with van der Waals surface area (Å²) in [7, 11) is 1.62. The predicted molar refractivity (Wildman–Crippen MR) is 116 cm³/mol. The van der Waals surface area contributed by atoms with Gasteiger partial charge >= 0.3 is 0 Å². The van der Waals surface area contributed by atoms with Gasteiger partial charge in [0, 0.05) is 19.4 Å². The highest BCUT2D eigenvalue weighted by Gasteiger charge is 2.34. The van der Waals surface area contributed by atoms with Crippen LogP contribution in [0.1, 0.15) is 48.6 Å².